The fourth-order valence-electron chi connectivity index (χ4n) is 1.88. The molecule has 0 aromatic heterocycles. The largest absolute Gasteiger partial charge is 0.474 e. The molecule has 116 valence electrons. The Morgan fingerprint density at radius 3 is 2.61 bits per heavy atom. The minimum atomic E-state index is -0.970. The minimum Gasteiger partial charge on any atom is -0.474 e. The molecule has 0 fully saturated rings. The molecule has 0 unspecified atom stereocenters. The molecule has 0 saturated carbocycles. The predicted octanol–water partition coefficient (Wildman–Crippen LogP) is 2.87. The van der Waals surface area contributed by atoms with Crippen molar-refractivity contribution in [2.75, 3.05) is 5.32 Å². The van der Waals surface area contributed by atoms with Crippen LogP contribution in [-0.4, -0.2) is 16.9 Å². The van der Waals surface area contributed by atoms with Gasteiger partial charge in [-0.3, -0.25) is 14.9 Å². The van der Waals surface area contributed by atoms with E-state index in [9.17, 15) is 14.9 Å². The van der Waals surface area contributed by atoms with E-state index in [1.165, 1.54) is 25.1 Å². The second kappa shape index (κ2) is 7.04. The SMILES string of the molecule is C[C@@H](Oc1ccccc1[N+](=O)[O-])C(=O)Nc1ccccc1C#N. The molecule has 7 nitrogen and oxygen atoms in total. The van der Waals surface area contributed by atoms with Gasteiger partial charge in [-0.25, -0.2) is 0 Å². The third-order valence-corrected chi connectivity index (χ3v) is 3.04. The third kappa shape index (κ3) is 3.83. The van der Waals surface area contributed by atoms with Crippen LogP contribution in [0.3, 0.4) is 0 Å². The van der Waals surface area contributed by atoms with Gasteiger partial charge in [0, 0.05) is 6.07 Å². The number of rotatable bonds is 5. The lowest BCUT2D eigenvalue weighted by molar-refractivity contribution is -0.386. The van der Waals surface area contributed by atoms with Gasteiger partial charge in [0.2, 0.25) is 0 Å². The first-order chi connectivity index (χ1) is 11.0. The number of nitrogens with zero attached hydrogens (tertiary/aromatic N) is 2. The standard InChI is InChI=1S/C16H13N3O4/c1-11(23-15-9-5-4-8-14(15)19(21)22)16(20)18-13-7-3-2-6-12(13)10-17/h2-9,11H,1H3,(H,18,20)/t11-/m1/s1. The number of anilines is 1. The summed E-state index contributed by atoms with van der Waals surface area (Å²) in [5, 5.41) is 22.5. The molecule has 0 aliphatic heterocycles. The van der Waals surface area contributed by atoms with Crippen molar-refractivity contribution in [2.45, 2.75) is 13.0 Å². The molecule has 0 spiro atoms. The molecular weight excluding hydrogens is 298 g/mol. The van der Waals surface area contributed by atoms with Gasteiger partial charge in [-0.05, 0) is 25.1 Å². The average molecular weight is 311 g/mol. The Morgan fingerprint density at radius 2 is 1.91 bits per heavy atom. The zero-order valence-electron chi connectivity index (χ0n) is 12.2. The number of nitriles is 1. The number of hydrogen-bond acceptors (Lipinski definition) is 5. The molecule has 1 amide bonds. The lowest BCUT2D eigenvalue weighted by Gasteiger charge is -2.15. The predicted molar refractivity (Wildman–Crippen MR) is 83.0 cm³/mol. The van der Waals surface area contributed by atoms with E-state index in [-0.39, 0.29) is 11.4 Å². The van der Waals surface area contributed by atoms with E-state index in [1.807, 2.05) is 6.07 Å². The Morgan fingerprint density at radius 1 is 1.26 bits per heavy atom. The Balaban J connectivity index is 2.12. The smallest absolute Gasteiger partial charge is 0.310 e. The van der Waals surface area contributed by atoms with Gasteiger partial charge >= 0.3 is 5.69 Å². The molecule has 2 aromatic carbocycles. The van der Waals surface area contributed by atoms with Crippen LogP contribution in [0.5, 0.6) is 5.75 Å². The van der Waals surface area contributed by atoms with E-state index in [4.69, 9.17) is 10.00 Å². The molecule has 2 aromatic rings. The number of benzene rings is 2. The molecule has 0 aliphatic rings. The van der Waals surface area contributed by atoms with Crippen LogP contribution < -0.4 is 10.1 Å². The Kier molecular flexibility index (Phi) is 4.89. The number of ether oxygens (including phenoxy) is 1. The molecule has 23 heavy (non-hydrogen) atoms. The van der Waals surface area contributed by atoms with Crippen LogP contribution in [0.2, 0.25) is 0 Å². The maximum Gasteiger partial charge on any atom is 0.310 e. The zero-order valence-corrected chi connectivity index (χ0v) is 12.2. The van der Waals surface area contributed by atoms with E-state index in [0.717, 1.165) is 0 Å². The van der Waals surface area contributed by atoms with Gasteiger partial charge in [-0.15, -0.1) is 0 Å². The number of nitro benzene ring substituents is 1. The molecule has 0 saturated heterocycles. The van der Waals surface area contributed by atoms with Crippen LogP contribution in [-0.2, 0) is 4.79 Å². The maximum atomic E-state index is 12.2. The van der Waals surface area contributed by atoms with Crippen LogP contribution in [0.1, 0.15) is 12.5 Å². The van der Waals surface area contributed by atoms with Gasteiger partial charge in [-0.2, -0.15) is 5.26 Å². The van der Waals surface area contributed by atoms with Gasteiger partial charge in [0.15, 0.2) is 11.9 Å². The Labute approximate surface area is 132 Å². The van der Waals surface area contributed by atoms with Crippen molar-refractivity contribution in [3.05, 3.63) is 64.2 Å². The van der Waals surface area contributed by atoms with Crippen molar-refractivity contribution in [3.8, 4) is 11.8 Å². The minimum absolute atomic E-state index is 0.00807. The topological polar surface area (TPSA) is 105 Å². The number of hydrogen-bond donors (Lipinski definition) is 1. The van der Waals surface area contributed by atoms with E-state index in [2.05, 4.69) is 5.32 Å². The fraction of sp³-hybridized carbons (Fsp3) is 0.125. The highest BCUT2D eigenvalue weighted by Gasteiger charge is 2.21. The molecule has 1 N–H and O–H groups in total. The van der Waals surface area contributed by atoms with Crippen molar-refractivity contribution >= 4 is 17.3 Å². The summed E-state index contributed by atoms with van der Waals surface area (Å²) in [7, 11) is 0. The summed E-state index contributed by atoms with van der Waals surface area (Å²) < 4.78 is 5.38. The van der Waals surface area contributed by atoms with E-state index >= 15 is 0 Å². The van der Waals surface area contributed by atoms with E-state index in [1.54, 1.807) is 30.3 Å². The van der Waals surface area contributed by atoms with Crippen molar-refractivity contribution in [1.82, 2.24) is 0 Å². The average Bonchev–Trinajstić information content (AvgIpc) is 2.55. The zero-order chi connectivity index (χ0) is 16.8. The second-order valence-corrected chi connectivity index (χ2v) is 4.63. The van der Waals surface area contributed by atoms with Crippen LogP contribution in [0.25, 0.3) is 0 Å². The Bertz CT molecular complexity index is 783. The van der Waals surface area contributed by atoms with Crippen molar-refractivity contribution in [1.29, 1.82) is 5.26 Å². The Hall–Kier alpha value is -3.40. The number of nitro groups is 1. The fourth-order valence-corrected chi connectivity index (χ4v) is 1.88. The first-order valence-electron chi connectivity index (χ1n) is 6.73. The lowest BCUT2D eigenvalue weighted by Crippen LogP contribution is -2.30. The summed E-state index contributed by atoms with van der Waals surface area (Å²) in [5.41, 5.74) is 0.460. The van der Waals surface area contributed by atoms with Gasteiger partial charge in [-0.1, -0.05) is 24.3 Å². The number of nitrogens with one attached hydrogen (secondary N) is 1. The summed E-state index contributed by atoms with van der Waals surface area (Å²) in [6.45, 7) is 1.47. The lowest BCUT2D eigenvalue weighted by atomic mass is 10.2. The summed E-state index contributed by atoms with van der Waals surface area (Å²) in [5.74, 6) is -0.500. The monoisotopic (exact) mass is 311 g/mol. The van der Waals surface area contributed by atoms with Crippen LogP contribution in [0, 0.1) is 21.4 Å². The highest BCUT2D eigenvalue weighted by Crippen LogP contribution is 2.27. The number of carbonyl (C=O) groups excluding carboxylic acids is 1. The molecule has 0 bridgehead atoms. The highest BCUT2D eigenvalue weighted by atomic mass is 16.6. The third-order valence-electron chi connectivity index (χ3n) is 3.04. The number of amides is 1. The normalized spacial score (nSPS) is 11.1. The molecule has 0 heterocycles. The second-order valence-electron chi connectivity index (χ2n) is 4.63. The number of carbonyl (C=O) groups is 1. The summed E-state index contributed by atoms with van der Waals surface area (Å²) in [6.07, 6.45) is -0.970. The van der Waals surface area contributed by atoms with Crippen LogP contribution >= 0.6 is 0 Å². The van der Waals surface area contributed by atoms with Gasteiger partial charge < -0.3 is 10.1 Å². The molecule has 0 aliphatic carbocycles. The number of para-hydroxylation sites is 3. The van der Waals surface area contributed by atoms with Gasteiger partial charge in [0.05, 0.1) is 16.2 Å². The summed E-state index contributed by atoms with van der Waals surface area (Å²) >= 11 is 0. The van der Waals surface area contributed by atoms with Crippen molar-refractivity contribution < 1.29 is 14.5 Å². The molecule has 2 rings (SSSR count). The molecule has 7 heteroatoms. The summed E-state index contributed by atoms with van der Waals surface area (Å²) in [4.78, 5) is 22.5. The van der Waals surface area contributed by atoms with E-state index in [0.29, 0.717) is 11.3 Å². The first-order valence-corrected chi connectivity index (χ1v) is 6.73. The van der Waals surface area contributed by atoms with Gasteiger partial charge in [0.25, 0.3) is 5.91 Å². The van der Waals surface area contributed by atoms with Crippen molar-refractivity contribution in [2.24, 2.45) is 0 Å². The van der Waals surface area contributed by atoms with Crippen LogP contribution in [0.15, 0.2) is 48.5 Å². The molecule has 1 atom stereocenters. The van der Waals surface area contributed by atoms with E-state index < -0.39 is 16.9 Å². The molecule has 0 radical (unpaired) electrons. The van der Waals surface area contributed by atoms with Crippen molar-refractivity contribution in [3.63, 3.8) is 0 Å². The summed E-state index contributed by atoms with van der Waals surface area (Å²) in [6, 6.07) is 14.3. The first kappa shape index (κ1) is 16.0. The molecular formula is C16H13N3O4. The quantitative estimate of drug-likeness (QED) is 0.675. The van der Waals surface area contributed by atoms with Crippen LogP contribution in [0.4, 0.5) is 11.4 Å². The van der Waals surface area contributed by atoms with Gasteiger partial charge in [0.1, 0.15) is 6.07 Å². The highest BCUT2D eigenvalue weighted by molar-refractivity contribution is 5.95. The maximum absolute atomic E-state index is 12.2.